The van der Waals surface area contributed by atoms with E-state index in [0.29, 0.717) is 17.0 Å². The molecule has 1 atom stereocenters. The highest BCUT2D eigenvalue weighted by Crippen LogP contribution is 2.35. The minimum atomic E-state index is 0.0202. The van der Waals surface area contributed by atoms with Gasteiger partial charge in [-0.05, 0) is 31.7 Å². The number of hydrogen-bond donors (Lipinski definition) is 2. The van der Waals surface area contributed by atoms with Gasteiger partial charge < -0.3 is 15.7 Å². The summed E-state index contributed by atoms with van der Waals surface area (Å²) in [6.45, 7) is 0.882. The second-order valence-corrected chi connectivity index (χ2v) is 6.55. The van der Waals surface area contributed by atoms with E-state index in [2.05, 4.69) is 0 Å². The molecule has 0 bridgehead atoms. The zero-order valence-corrected chi connectivity index (χ0v) is 12.7. The summed E-state index contributed by atoms with van der Waals surface area (Å²) in [4.78, 5) is 15.4. The zero-order valence-electron chi connectivity index (χ0n) is 11.9. The Bertz CT molecular complexity index is 651. The van der Waals surface area contributed by atoms with Gasteiger partial charge in [0.1, 0.15) is 4.88 Å². The molecule has 1 aliphatic heterocycles. The SMILES string of the molecule is Nc1c(C(=O)N2CCCCC2CCO)sc2ccccc12. The maximum Gasteiger partial charge on any atom is 0.266 e. The molecule has 0 saturated carbocycles. The third-order valence-corrected chi connectivity index (χ3v) is 5.35. The first-order chi connectivity index (χ1) is 10.2. The number of benzene rings is 1. The minimum Gasteiger partial charge on any atom is -0.397 e. The molecule has 112 valence electrons. The molecule has 3 rings (SSSR count). The molecule has 1 aliphatic rings. The number of aliphatic hydroxyl groups excluding tert-OH is 1. The predicted molar refractivity (Wildman–Crippen MR) is 86.6 cm³/mol. The fourth-order valence-corrected chi connectivity index (χ4v) is 4.15. The number of anilines is 1. The van der Waals surface area contributed by atoms with E-state index >= 15 is 0 Å². The van der Waals surface area contributed by atoms with Crippen molar-refractivity contribution < 1.29 is 9.90 Å². The molecule has 21 heavy (non-hydrogen) atoms. The normalized spacial score (nSPS) is 19.1. The largest absolute Gasteiger partial charge is 0.397 e. The number of thiophene rings is 1. The summed E-state index contributed by atoms with van der Waals surface area (Å²) < 4.78 is 1.05. The van der Waals surface area contributed by atoms with Gasteiger partial charge in [-0.1, -0.05) is 18.2 Å². The Balaban J connectivity index is 1.93. The van der Waals surface area contributed by atoms with Crippen molar-refractivity contribution in [1.82, 2.24) is 4.90 Å². The monoisotopic (exact) mass is 304 g/mol. The number of nitrogens with zero attached hydrogens (tertiary/aromatic N) is 1. The van der Waals surface area contributed by atoms with Crippen molar-refractivity contribution in [3.05, 3.63) is 29.1 Å². The fourth-order valence-electron chi connectivity index (χ4n) is 3.07. The number of nitrogen functional groups attached to an aromatic ring is 1. The number of aliphatic hydroxyl groups is 1. The number of piperidine rings is 1. The summed E-state index contributed by atoms with van der Waals surface area (Å²) >= 11 is 1.47. The van der Waals surface area contributed by atoms with Crippen molar-refractivity contribution in [2.24, 2.45) is 0 Å². The van der Waals surface area contributed by atoms with Gasteiger partial charge in [0.2, 0.25) is 0 Å². The number of rotatable bonds is 3. The van der Waals surface area contributed by atoms with Crippen LogP contribution in [0.15, 0.2) is 24.3 Å². The molecular weight excluding hydrogens is 284 g/mol. The van der Waals surface area contributed by atoms with E-state index in [9.17, 15) is 9.90 Å². The van der Waals surface area contributed by atoms with Crippen molar-refractivity contribution in [2.75, 3.05) is 18.9 Å². The van der Waals surface area contributed by atoms with Crippen LogP contribution in [-0.4, -0.2) is 35.1 Å². The average Bonchev–Trinajstić information content (AvgIpc) is 2.85. The van der Waals surface area contributed by atoms with Gasteiger partial charge in [-0.2, -0.15) is 0 Å². The molecule has 4 nitrogen and oxygen atoms in total. The van der Waals surface area contributed by atoms with E-state index in [0.717, 1.165) is 35.9 Å². The Morgan fingerprint density at radius 3 is 2.95 bits per heavy atom. The summed E-state index contributed by atoms with van der Waals surface area (Å²) in [6, 6.07) is 7.99. The second kappa shape index (κ2) is 6.03. The lowest BCUT2D eigenvalue weighted by Crippen LogP contribution is -2.44. The number of nitrogens with two attached hydrogens (primary N) is 1. The van der Waals surface area contributed by atoms with Crippen LogP contribution in [0.2, 0.25) is 0 Å². The van der Waals surface area contributed by atoms with Crippen LogP contribution < -0.4 is 5.73 Å². The van der Waals surface area contributed by atoms with Crippen LogP contribution >= 0.6 is 11.3 Å². The molecule has 1 saturated heterocycles. The van der Waals surface area contributed by atoms with E-state index in [1.54, 1.807) is 0 Å². The number of likely N-dealkylation sites (tertiary alicyclic amines) is 1. The Hall–Kier alpha value is -1.59. The first kappa shape index (κ1) is 14.4. The molecule has 5 heteroatoms. The fraction of sp³-hybridized carbons (Fsp3) is 0.438. The molecule has 3 N–H and O–H groups in total. The van der Waals surface area contributed by atoms with Gasteiger partial charge in [0.05, 0.1) is 5.69 Å². The van der Waals surface area contributed by atoms with Crippen molar-refractivity contribution in [2.45, 2.75) is 31.7 Å². The summed E-state index contributed by atoms with van der Waals surface area (Å²) in [7, 11) is 0. The Kier molecular flexibility index (Phi) is 4.12. The number of carbonyl (C=O) groups excluding carboxylic acids is 1. The molecule has 1 aromatic heterocycles. The smallest absolute Gasteiger partial charge is 0.266 e. The predicted octanol–water partition coefficient (Wildman–Crippen LogP) is 2.86. The maximum absolute atomic E-state index is 12.9. The number of fused-ring (bicyclic) bond motifs is 1. The first-order valence-corrected chi connectivity index (χ1v) is 8.23. The van der Waals surface area contributed by atoms with E-state index < -0.39 is 0 Å². The number of hydrogen-bond acceptors (Lipinski definition) is 4. The van der Waals surface area contributed by atoms with Crippen LogP contribution in [-0.2, 0) is 0 Å². The van der Waals surface area contributed by atoms with E-state index in [4.69, 9.17) is 5.73 Å². The molecule has 0 spiro atoms. The summed E-state index contributed by atoms with van der Waals surface area (Å²) in [6.07, 6.45) is 3.77. The third kappa shape index (κ3) is 2.63. The summed E-state index contributed by atoms with van der Waals surface area (Å²) in [5.41, 5.74) is 6.77. The lowest BCUT2D eigenvalue weighted by atomic mass is 9.99. The molecule has 2 heterocycles. The van der Waals surface area contributed by atoms with E-state index in [1.807, 2.05) is 29.2 Å². The first-order valence-electron chi connectivity index (χ1n) is 7.41. The van der Waals surface area contributed by atoms with Crippen molar-refractivity contribution in [3.63, 3.8) is 0 Å². The standard InChI is InChI=1S/C16H20N2O2S/c17-14-12-6-1-2-7-13(12)21-15(14)16(20)18-9-4-3-5-11(18)8-10-19/h1-2,6-7,11,19H,3-5,8-10,17H2. The van der Waals surface area contributed by atoms with Crippen molar-refractivity contribution >= 4 is 33.0 Å². The molecule has 0 aliphatic carbocycles. The molecule has 1 amide bonds. The third-order valence-electron chi connectivity index (χ3n) is 4.18. The van der Waals surface area contributed by atoms with Crippen LogP contribution in [0.25, 0.3) is 10.1 Å². The molecule has 1 unspecified atom stereocenters. The van der Waals surface area contributed by atoms with Crippen LogP contribution in [0.4, 0.5) is 5.69 Å². The van der Waals surface area contributed by atoms with Crippen LogP contribution in [0.1, 0.15) is 35.4 Å². The summed E-state index contributed by atoms with van der Waals surface area (Å²) in [5.74, 6) is 0.0202. The lowest BCUT2D eigenvalue weighted by molar-refractivity contribution is 0.0580. The molecular formula is C16H20N2O2S. The zero-order chi connectivity index (χ0) is 14.8. The highest BCUT2D eigenvalue weighted by atomic mass is 32.1. The van der Waals surface area contributed by atoms with Gasteiger partial charge in [0, 0.05) is 29.3 Å². The topological polar surface area (TPSA) is 66.6 Å². The number of amides is 1. The lowest BCUT2D eigenvalue weighted by Gasteiger charge is -2.35. The van der Waals surface area contributed by atoms with Crippen LogP contribution in [0.5, 0.6) is 0 Å². The summed E-state index contributed by atoms with van der Waals surface area (Å²) in [5, 5.41) is 10.2. The van der Waals surface area contributed by atoms with Gasteiger partial charge >= 0.3 is 0 Å². The maximum atomic E-state index is 12.9. The Morgan fingerprint density at radius 2 is 2.19 bits per heavy atom. The molecule has 2 aromatic rings. The van der Waals surface area contributed by atoms with Gasteiger partial charge in [-0.3, -0.25) is 4.79 Å². The van der Waals surface area contributed by atoms with Gasteiger partial charge in [-0.15, -0.1) is 11.3 Å². The quantitative estimate of drug-likeness (QED) is 0.916. The Labute approximate surface area is 128 Å². The van der Waals surface area contributed by atoms with E-state index in [1.165, 1.54) is 11.3 Å². The van der Waals surface area contributed by atoms with Gasteiger partial charge in [0.25, 0.3) is 5.91 Å². The van der Waals surface area contributed by atoms with Crippen LogP contribution in [0.3, 0.4) is 0 Å². The minimum absolute atomic E-state index is 0.0202. The highest BCUT2D eigenvalue weighted by Gasteiger charge is 2.29. The van der Waals surface area contributed by atoms with E-state index in [-0.39, 0.29) is 18.6 Å². The van der Waals surface area contributed by atoms with Crippen LogP contribution in [0, 0.1) is 0 Å². The molecule has 0 radical (unpaired) electrons. The highest BCUT2D eigenvalue weighted by molar-refractivity contribution is 7.21. The molecule has 1 fully saturated rings. The van der Waals surface area contributed by atoms with Crippen molar-refractivity contribution in [1.29, 1.82) is 0 Å². The average molecular weight is 304 g/mol. The number of carbonyl (C=O) groups is 1. The van der Waals surface area contributed by atoms with Gasteiger partial charge in [0.15, 0.2) is 0 Å². The Morgan fingerprint density at radius 1 is 1.38 bits per heavy atom. The second-order valence-electron chi connectivity index (χ2n) is 5.50. The van der Waals surface area contributed by atoms with Gasteiger partial charge in [-0.25, -0.2) is 0 Å². The van der Waals surface area contributed by atoms with Crippen molar-refractivity contribution in [3.8, 4) is 0 Å². The molecule has 1 aromatic carbocycles.